The number of thioether (sulfide) groups is 1. The van der Waals surface area contributed by atoms with Gasteiger partial charge in [0.05, 0.1) is 11.0 Å². The fourth-order valence-electron chi connectivity index (χ4n) is 4.90. The molecule has 0 spiro atoms. The third-order valence-corrected chi connectivity index (χ3v) is 9.72. The minimum atomic E-state index is -3.62. The molecule has 212 valence electrons. The number of carboxylic acids is 1. The molecule has 7 nitrogen and oxygen atoms in total. The van der Waals surface area contributed by atoms with Crippen molar-refractivity contribution < 1.29 is 18.3 Å². The van der Waals surface area contributed by atoms with Crippen molar-refractivity contribution in [1.82, 2.24) is 14.3 Å². The lowest BCUT2D eigenvalue weighted by atomic mass is 9.86. The number of rotatable bonds is 13. The van der Waals surface area contributed by atoms with Gasteiger partial charge in [0.25, 0.3) is 0 Å². The molecule has 0 amide bonds. The molecule has 0 saturated carbocycles. The zero-order valence-corrected chi connectivity index (χ0v) is 24.8. The summed E-state index contributed by atoms with van der Waals surface area (Å²) in [5.41, 5.74) is 2.86. The summed E-state index contributed by atoms with van der Waals surface area (Å²) in [5.74, 6) is -0.324. The number of aliphatic carboxylic acids is 1. The summed E-state index contributed by atoms with van der Waals surface area (Å²) in [6.45, 7) is 6.01. The predicted molar refractivity (Wildman–Crippen MR) is 162 cm³/mol. The average Bonchev–Trinajstić information content (AvgIpc) is 3.26. The lowest BCUT2D eigenvalue weighted by Crippen LogP contribution is -2.32. The van der Waals surface area contributed by atoms with Crippen molar-refractivity contribution in [2.24, 2.45) is 5.41 Å². The van der Waals surface area contributed by atoms with Crippen LogP contribution in [0.5, 0.6) is 0 Å². The normalized spacial score (nSPS) is 13.8. The first kappa shape index (κ1) is 29.8. The topological polar surface area (TPSA) is 101 Å². The van der Waals surface area contributed by atoms with Gasteiger partial charge in [0, 0.05) is 12.3 Å². The van der Waals surface area contributed by atoms with Crippen LogP contribution < -0.4 is 4.72 Å². The number of hydrogen-bond donors (Lipinski definition) is 2. The molecule has 0 saturated heterocycles. The molecular formula is C31H37N3O4S2. The lowest BCUT2D eigenvalue weighted by molar-refractivity contribution is -0.144. The SMILES string of the molecule is CC(C)(C)C(C(=O)O)n1c(SCCCNS(=O)(=O)C(CCc2ccccc2)c2ccccc2)nc2ccccc21. The molecule has 2 unspecified atom stereocenters. The third kappa shape index (κ3) is 7.33. The zero-order valence-electron chi connectivity index (χ0n) is 23.2. The Morgan fingerprint density at radius 3 is 2.25 bits per heavy atom. The Morgan fingerprint density at radius 2 is 1.60 bits per heavy atom. The van der Waals surface area contributed by atoms with Crippen LogP contribution in [0.25, 0.3) is 11.0 Å². The summed E-state index contributed by atoms with van der Waals surface area (Å²) in [6, 6.07) is 26.0. The summed E-state index contributed by atoms with van der Waals surface area (Å²) in [7, 11) is -3.62. The highest BCUT2D eigenvalue weighted by molar-refractivity contribution is 7.99. The summed E-state index contributed by atoms with van der Waals surface area (Å²) < 4.78 is 31.5. The van der Waals surface area contributed by atoms with Crippen molar-refractivity contribution in [3.8, 4) is 0 Å². The fraction of sp³-hybridized carbons (Fsp3) is 0.355. The maximum atomic E-state index is 13.4. The molecule has 1 heterocycles. The van der Waals surface area contributed by atoms with Gasteiger partial charge >= 0.3 is 5.97 Å². The summed E-state index contributed by atoms with van der Waals surface area (Å²) in [6.07, 6.45) is 1.71. The highest BCUT2D eigenvalue weighted by atomic mass is 32.2. The summed E-state index contributed by atoms with van der Waals surface area (Å²) in [4.78, 5) is 17.0. The Bertz CT molecular complexity index is 1510. The predicted octanol–water partition coefficient (Wildman–Crippen LogP) is 6.48. The van der Waals surface area contributed by atoms with E-state index in [4.69, 9.17) is 4.98 Å². The van der Waals surface area contributed by atoms with Crippen LogP contribution in [-0.4, -0.2) is 41.3 Å². The number of benzene rings is 3. The number of aryl methyl sites for hydroxylation is 1. The molecule has 2 N–H and O–H groups in total. The number of carbonyl (C=O) groups is 1. The molecule has 0 aliphatic rings. The molecule has 3 aromatic carbocycles. The first-order valence-electron chi connectivity index (χ1n) is 13.5. The van der Waals surface area contributed by atoms with Gasteiger partial charge in [-0.25, -0.2) is 22.9 Å². The largest absolute Gasteiger partial charge is 0.480 e. The zero-order chi connectivity index (χ0) is 28.8. The molecule has 0 aliphatic carbocycles. The average molecular weight is 580 g/mol. The van der Waals surface area contributed by atoms with Crippen molar-refractivity contribution in [3.05, 3.63) is 96.1 Å². The molecule has 0 fully saturated rings. The summed E-state index contributed by atoms with van der Waals surface area (Å²) >= 11 is 1.45. The highest BCUT2D eigenvalue weighted by Gasteiger charge is 2.36. The van der Waals surface area contributed by atoms with Crippen molar-refractivity contribution in [3.63, 3.8) is 0 Å². The molecule has 2 atom stereocenters. The molecule has 1 aromatic heterocycles. The molecule has 9 heteroatoms. The van der Waals surface area contributed by atoms with Gasteiger partial charge in [-0.2, -0.15) is 0 Å². The van der Waals surface area contributed by atoms with E-state index in [-0.39, 0.29) is 6.54 Å². The Hall–Kier alpha value is -3.14. The van der Waals surface area contributed by atoms with E-state index in [9.17, 15) is 18.3 Å². The third-order valence-electron chi connectivity index (χ3n) is 6.82. The molecule has 0 radical (unpaired) electrons. The monoisotopic (exact) mass is 579 g/mol. The molecule has 0 aliphatic heterocycles. The van der Waals surface area contributed by atoms with E-state index >= 15 is 0 Å². The van der Waals surface area contributed by atoms with E-state index in [2.05, 4.69) is 4.72 Å². The van der Waals surface area contributed by atoms with Gasteiger partial charge in [0.2, 0.25) is 10.0 Å². The number of nitrogens with one attached hydrogen (secondary N) is 1. The minimum absolute atomic E-state index is 0.284. The Morgan fingerprint density at radius 1 is 0.975 bits per heavy atom. The molecule has 0 bridgehead atoms. The number of sulfonamides is 1. The van der Waals surface area contributed by atoms with Gasteiger partial charge in [-0.15, -0.1) is 0 Å². The van der Waals surface area contributed by atoms with Crippen LogP contribution in [0.1, 0.15) is 56.0 Å². The van der Waals surface area contributed by atoms with E-state index in [0.717, 1.165) is 22.2 Å². The Labute approximate surface area is 241 Å². The molecule has 40 heavy (non-hydrogen) atoms. The van der Waals surface area contributed by atoms with Crippen LogP contribution in [0.15, 0.2) is 90.1 Å². The van der Waals surface area contributed by atoms with Gasteiger partial charge in [0.1, 0.15) is 11.3 Å². The maximum absolute atomic E-state index is 13.4. The minimum Gasteiger partial charge on any atom is -0.480 e. The van der Waals surface area contributed by atoms with E-state index in [1.165, 1.54) is 11.8 Å². The van der Waals surface area contributed by atoms with Crippen LogP contribution in [0.2, 0.25) is 0 Å². The summed E-state index contributed by atoms with van der Waals surface area (Å²) in [5, 5.41) is 10.1. The number of hydrogen-bond acceptors (Lipinski definition) is 5. The maximum Gasteiger partial charge on any atom is 0.327 e. The number of nitrogens with zero attached hydrogens (tertiary/aromatic N) is 2. The highest BCUT2D eigenvalue weighted by Crippen LogP contribution is 2.37. The second-order valence-corrected chi connectivity index (χ2v) is 13.9. The van der Waals surface area contributed by atoms with Gasteiger partial charge < -0.3 is 9.67 Å². The second-order valence-electron chi connectivity index (χ2n) is 10.9. The van der Waals surface area contributed by atoms with Crippen LogP contribution in [-0.2, 0) is 21.2 Å². The Balaban J connectivity index is 1.43. The van der Waals surface area contributed by atoms with Crippen molar-refractivity contribution >= 4 is 38.8 Å². The number of imidazole rings is 1. The van der Waals surface area contributed by atoms with Crippen LogP contribution in [0, 0.1) is 5.41 Å². The number of fused-ring (bicyclic) bond motifs is 1. The molecular weight excluding hydrogens is 542 g/mol. The van der Waals surface area contributed by atoms with Crippen LogP contribution in [0.4, 0.5) is 0 Å². The quantitative estimate of drug-likeness (QED) is 0.139. The smallest absolute Gasteiger partial charge is 0.327 e. The standard InChI is InChI=1S/C31H37N3O4S2/c1-31(2,3)28(29(35)36)34-26-18-11-10-17-25(26)33-30(34)39-22-12-21-32-40(37,38)27(24-15-8-5-9-16-24)20-19-23-13-6-4-7-14-23/h4-11,13-18,27-28,32H,12,19-22H2,1-3H3,(H,35,36). The first-order chi connectivity index (χ1) is 19.1. The number of carboxylic acid groups (broad SMARTS) is 1. The van der Waals surface area contributed by atoms with Crippen LogP contribution in [0.3, 0.4) is 0 Å². The fourth-order valence-corrected chi connectivity index (χ4v) is 7.45. The first-order valence-corrected chi connectivity index (χ1v) is 16.0. The lowest BCUT2D eigenvalue weighted by Gasteiger charge is -2.29. The van der Waals surface area contributed by atoms with E-state index in [1.54, 1.807) is 0 Å². The molecule has 4 rings (SSSR count). The van der Waals surface area contributed by atoms with E-state index < -0.39 is 32.7 Å². The van der Waals surface area contributed by atoms with E-state index in [1.807, 2.05) is 110 Å². The second kappa shape index (κ2) is 13.0. The molecule has 4 aromatic rings. The van der Waals surface area contributed by atoms with E-state index in [0.29, 0.717) is 30.2 Å². The van der Waals surface area contributed by atoms with Gasteiger partial charge in [-0.3, -0.25) is 0 Å². The van der Waals surface area contributed by atoms with Crippen molar-refractivity contribution in [2.45, 2.75) is 56.5 Å². The van der Waals surface area contributed by atoms with Crippen molar-refractivity contribution in [1.29, 1.82) is 0 Å². The van der Waals surface area contributed by atoms with Crippen molar-refractivity contribution in [2.75, 3.05) is 12.3 Å². The Kier molecular flexibility index (Phi) is 9.71. The number of aromatic nitrogens is 2. The number of para-hydroxylation sites is 2. The van der Waals surface area contributed by atoms with Gasteiger partial charge in [-0.05, 0) is 47.9 Å². The van der Waals surface area contributed by atoms with Gasteiger partial charge in [0.15, 0.2) is 5.16 Å². The van der Waals surface area contributed by atoms with Crippen LogP contribution >= 0.6 is 11.8 Å². The van der Waals surface area contributed by atoms with Gasteiger partial charge in [-0.1, -0.05) is 105 Å².